The molecule has 0 aliphatic heterocycles. The quantitative estimate of drug-likeness (QED) is 0.508. The van der Waals surface area contributed by atoms with Crippen molar-refractivity contribution in [3.05, 3.63) is 32.6 Å². The van der Waals surface area contributed by atoms with Gasteiger partial charge >= 0.3 is 5.69 Å². The van der Waals surface area contributed by atoms with Crippen LogP contribution in [0.1, 0.15) is 65.1 Å². The van der Waals surface area contributed by atoms with Gasteiger partial charge in [-0.25, -0.2) is 4.79 Å². The Kier molecular flexibility index (Phi) is 7.41. The molecule has 2 aromatic rings. The number of nitrogens with one attached hydrogen (secondary N) is 2. The highest BCUT2D eigenvalue weighted by atomic mass is 16.5. The highest BCUT2D eigenvalue weighted by molar-refractivity contribution is 5.96. The van der Waals surface area contributed by atoms with Crippen LogP contribution in [-0.2, 0) is 16.9 Å². The molecular weight excluding hydrogens is 426 g/mol. The van der Waals surface area contributed by atoms with Crippen molar-refractivity contribution in [1.29, 1.82) is 0 Å². The van der Waals surface area contributed by atoms with Crippen molar-refractivity contribution in [2.75, 3.05) is 23.7 Å². The maximum atomic E-state index is 13.4. The van der Waals surface area contributed by atoms with Crippen LogP contribution in [0.2, 0.25) is 0 Å². The predicted molar refractivity (Wildman–Crippen MR) is 125 cm³/mol. The molecule has 0 bridgehead atoms. The Hall–Kier alpha value is -2.95. The van der Waals surface area contributed by atoms with Crippen LogP contribution >= 0.6 is 0 Å². The van der Waals surface area contributed by atoms with E-state index in [1.54, 1.807) is 6.92 Å². The molecule has 0 aromatic carbocycles. The van der Waals surface area contributed by atoms with E-state index in [9.17, 15) is 14.4 Å². The van der Waals surface area contributed by atoms with Crippen molar-refractivity contribution in [2.45, 2.75) is 72.4 Å². The number of carbonyl (C=O) groups is 1. The first-order chi connectivity index (χ1) is 15.5. The van der Waals surface area contributed by atoms with Crippen molar-refractivity contribution in [3.63, 3.8) is 0 Å². The van der Waals surface area contributed by atoms with Gasteiger partial charge < -0.3 is 15.2 Å². The van der Waals surface area contributed by atoms with E-state index in [1.165, 1.54) is 9.47 Å². The number of nitrogen functional groups attached to an aromatic ring is 1. The highest BCUT2D eigenvalue weighted by Crippen LogP contribution is 2.37. The number of carbonyl (C=O) groups excluding carboxylic acids is 1. The Morgan fingerprint density at radius 3 is 2.45 bits per heavy atom. The zero-order valence-electron chi connectivity index (χ0n) is 20.1. The number of nitrogens with zero attached hydrogens (tertiary/aromatic N) is 4. The number of amides is 1. The molecule has 1 aliphatic rings. The van der Waals surface area contributed by atoms with Crippen LogP contribution in [0.4, 0.5) is 11.5 Å². The van der Waals surface area contributed by atoms with Gasteiger partial charge in [-0.05, 0) is 24.7 Å². The molecule has 0 saturated heterocycles. The summed E-state index contributed by atoms with van der Waals surface area (Å²) >= 11 is 0. The fraction of sp³-hybridized carbons (Fsp3) is 0.682. The molecule has 33 heavy (non-hydrogen) atoms. The number of H-pyrrole nitrogens is 1. The fourth-order valence-corrected chi connectivity index (χ4v) is 4.36. The summed E-state index contributed by atoms with van der Waals surface area (Å²) in [4.78, 5) is 46.7. The number of hydrogen-bond donors (Lipinski definition) is 3. The molecule has 4 N–H and O–H groups in total. The lowest BCUT2D eigenvalue weighted by Crippen LogP contribution is -2.50. The van der Waals surface area contributed by atoms with Crippen molar-refractivity contribution < 1.29 is 9.32 Å². The maximum absolute atomic E-state index is 13.4. The van der Waals surface area contributed by atoms with Crippen molar-refractivity contribution in [1.82, 2.24) is 25.0 Å². The first-order valence-electron chi connectivity index (χ1n) is 11.5. The summed E-state index contributed by atoms with van der Waals surface area (Å²) in [6.45, 7) is 10.1. The third kappa shape index (κ3) is 5.35. The van der Waals surface area contributed by atoms with E-state index < -0.39 is 16.8 Å². The van der Waals surface area contributed by atoms with E-state index in [-0.39, 0.29) is 42.3 Å². The van der Waals surface area contributed by atoms with E-state index in [0.717, 1.165) is 25.7 Å². The molecule has 1 saturated carbocycles. The van der Waals surface area contributed by atoms with Crippen LogP contribution in [0, 0.1) is 18.8 Å². The minimum Gasteiger partial charge on any atom is -0.383 e. The smallest absolute Gasteiger partial charge is 0.330 e. The summed E-state index contributed by atoms with van der Waals surface area (Å²) in [7, 11) is 0. The first-order valence-corrected chi connectivity index (χ1v) is 11.5. The number of nitrogens with two attached hydrogens (primary N) is 1. The Balaban J connectivity index is 1.93. The zero-order valence-corrected chi connectivity index (χ0v) is 20.1. The second kappa shape index (κ2) is 9.90. The van der Waals surface area contributed by atoms with E-state index in [4.69, 9.17) is 10.3 Å². The van der Waals surface area contributed by atoms with Gasteiger partial charge in [-0.1, -0.05) is 45.7 Å². The largest absolute Gasteiger partial charge is 0.383 e. The molecule has 0 radical (unpaired) electrons. The number of aromatic nitrogens is 4. The van der Waals surface area contributed by atoms with E-state index in [1.807, 2.05) is 27.7 Å². The number of rotatable bonds is 9. The molecule has 0 atom stereocenters. The normalized spacial score (nSPS) is 15.5. The molecular formula is C22H35N7O4. The van der Waals surface area contributed by atoms with E-state index >= 15 is 0 Å². The van der Waals surface area contributed by atoms with Crippen LogP contribution in [0.15, 0.2) is 14.1 Å². The van der Waals surface area contributed by atoms with Crippen LogP contribution in [0.5, 0.6) is 0 Å². The third-order valence-corrected chi connectivity index (χ3v) is 5.87. The van der Waals surface area contributed by atoms with Gasteiger partial charge in [-0.3, -0.25) is 24.5 Å². The number of hydrogen-bond acceptors (Lipinski definition) is 8. The van der Waals surface area contributed by atoms with Crippen LogP contribution < -0.4 is 27.2 Å². The summed E-state index contributed by atoms with van der Waals surface area (Å²) in [6, 6.07) is 0. The maximum Gasteiger partial charge on any atom is 0.330 e. The van der Waals surface area contributed by atoms with Gasteiger partial charge in [0.05, 0.1) is 12.1 Å². The van der Waals surface area contributed by atoms with Gasteiger partial charge in [-0.2, -0.15) is 4.98 Å². The fourth-order valence-electron chi connectivity index (χ4n) is 4.36. The van der Waals surface area contributed by atoms with Gasteiger partial charge in [0.2, 0.25) is 11.8 Å². The number of aryl methyl sites for hydroxylation is 1. The topological polar surface area (TPSA) is 152 Å². The molecule has 1 aliphatic carbocycles. The lowest BCUT2D eigenvalue weighted by molar-refractivity contribution is -0.118. The average molecular weight is 462 g/mol. The first kappa shape index (κ1) is 24.7. The summed E-state index contributed by atoms with van der Waals surface area (Å²) < 4.78 is 6.49. The Morgan fingerprint density at radius 1 is 1.24 bits per heavy atom. The number of aromatic amines is 1. The lowest BCUT2D eigenvalue weighted by Gasteiger charge is -2.30. The second-order valence-corrected chi connectivity index (χ2v) is 9.68. The second-order valence-electron chi connectivity index (χ2n) is 9.68. The van der Waals surface area contributed by atoms with Crippen molar-refractivity contribution in [3.8, 4) is 0 Å². The summed E-state index contributed by atoms with van der Waals surface area (Å²) in [5.41, 5.74) is 4.49. The Labute approximate surface area is 192 Å². The molecule has 11 heteroatoms. The minimum atomic E-state index is -0.670. The highest BCUT2D eigenvalue weighted by Gasteiger charge is 2.40. The Morgan fingerprint density at radius 2 is 1.91 bits per heavy atom. The van der Waals surface area contributed by atoms with Gasteiger partial charge in [0.15, 0.2) is 11.5 Å². The van der Waals surface area contributed by atoms with Gasteiger partial charge in [0, 0.05) is 20.0 Å². The van der Waals surface area contributed by atoms with Crippen molar-refractivity contribution >= 4 is 17.4 Å². The molecule has 0 spiro atoms. The van der Waals surface area contributed by atoms with E-state index in [2.05, 4.69) is 20.4 Å². The molecule has 1 amide bonds. The lowest BCUT2D eigenvalue weighted by atomic mass is 9.96. The average Bonchev–Trinajstić information content (AvgIpc) is 3.38. The van der Waals surface area contributed by atoms with Crippen molar-refractivity contribution in [2.24, 2.45) is 11.8 Å². The number of anilines is 2. The Bertz CT molecular complexity index is 1090. The van der Waals surface area contributed by atoms with Gasteiger partial charge in [0.25, 0.3) is 5.56 Å². The molecule has 0 unspecified atom stereocenters. The monoisotopic (exact) mass is 461 g/mol. The van der Waals surface area contributed by atoms with Gasteiger partial charge in [-0.15, -0.1) is 0 Å². The van der Waals surface area contributed by atoms with Crippen LogP contribution in [0.25, 0.3) is 0 Å². The summed E-state index contributed by atoms with van der Waals surface area (Å²) in [5.74, 6) is 0.887. The van der Waals surface area contributed by atoms with E-state index in [0.29, 0.717) is 18.3 Å². The molecule has 182 valence electrons. The summed E-state index contributed by atoms with van der Waals surface area (Å²) in [6.07, 6.45) is 3.53. The van der Waals surface area contributed by atoms with Gasteiger partial charge in [0.1, 0.15) is 5.82 Å². The molecule has 3 rings (SSSR count). The molecule has 2 heterocycles. The SMILES string of the molecule is Cc1nc(C2(NCC(=O)N(CC(C)C)c3c(N)n(CC(C)C)c(=O)[nH]c3=O)CCCC2)no1. The van der Waals surface area contributed by atoms with Crippen LogP contribution in [0.3, 0.4) is 0 Å². The minimum absolute atomic E-state index is 0.00387. The summed E-state index contributed by atoms with van der Waals surface area (Å²) in [5, 5.41) is 7.44. The molecule has 11 nitrogen and oxygen atoms in total. The molecule has 1 fully saturated rings. The predicted octanol–water partition coefficient (Wildman–Crippen LogP) is 1.51. The zero-order chi connectivity index (χ0) is 24.3. The third-order valence-electron chi connectivity index (χ3n) is 5.87. The standard InChI is InChI=1S/C22H35N7O4/c1-13(2)11-28(17-18(23)29(12-14(3)4)21(32)26-19(17)31)16(30)10-24-22(8-6-7-9-22)20-25-15(5)33-27-20/h13-14,24H,6-12,23H2,1-5H3,(H,26,31,32). The molecule has 2 aromatic heterocycles. The van der Waals surface area contributed by atoms with Crippen LogP contribution in [-0.4, -0.2) is 38.7 Å².